The molecule has 4 rings (SSSR count). The number of ether oxygens (including phenoxy) is 1. The minimum absolute atomic E-state index is 0.0991. The lowest BCUT2D eigenvalue weighted by Gasteiger charge is -2.08. The van der Waals surface area contributed by atoms with E-state index in [1.165, 1.54) is 5.56 Å². The van der Waals surface area contributed by atoms with Crippen LogP contribution < -0.4 is 10.1 Å². The number of hydrogen-bond donors (Lipinski definition) is 1. The first kappa shape index (κ1) is 19.4. The van der Waals surface area contributed by atoms with Crippen molar-refractivity contribution in [2.45, 2.75) is 13.3 Å². The summed E-state index contributed by atoms with van der Waals surface area (Å²) in [7, 11) is 0. The number of nitrogens with zero attached hydrogens (tertiary/aromatic N) is 2. The second-order valence-electron chi connectivity index (χ2n) is 6.70. The zero-order chi connectivity index (χ0) is 20.8. The van der Waals surface area contributed by atoms with Gasteiger partial charge in [0.25, 0.3) is 11.8 Å². The lowest BCUT2D eigenvalue weighted by Crippen LogP contribution is -2.20. The molecular weight excluding hydrogens is 378 g/mol. The van der Waals surface area contributed by atoms with Crippen LogP contribution in [0.25, 0.3) is 22.8 Å². The standard InChI is InChI=1S/C24H21N3O3/c1-2-17-11-13-20(14-12-17)25-22(28)16-29-21-10-6-9-19(15-21)24-26-23(27-30-24)18-7-4-3-5-8-18/h3-15H,2,16H2,1H3,(H,25,28). The summed E-state index contributed by atoms with van der Waals surface area (Å²) in [6, 6.07) is 24.6. The Labute approximate surface area is 174 Å². The number of carbonyl (C=O) groups is 1. The summed E-state index contributed by atoms with van der Waals surface area (Å²) in [6.45, 7) is 1.99. The normalized spacial score (nSPS) is 10.6. The summed E-state index contributed by atoms with van der Waals surface area (Å²) < 4.78 is 11.0. The first-order valence-electron chi connectivity index (χ1n) is 9.72. The molecule has 1 aromatic heterocycles. The number of aryl methyl sites for hydroxylation is 1. The fourth-order valence-electron chi connectivity index (χ4n) is 2.93. The highest BCUT2D eigenvalue weighted by atomic mass is 16.5. The van der Waals surface area contributed by atoms with Crippen LogP contribution in [0.5, 0.6) is 5.75 Å². The van der Waals surface area contributed by atoms with Crippen molar-refractivity contribution in [2.24, 2.45) is 0 Å². The molecular formula is C24H21N3O3. The minimum atomic E-state index is -0.228. The Bertz CT molecular complexity index is 1120. The van der Waals surface area contributed by atoms with Crippen LogP contribution in [0.3, 0.4) is 0 Å². The zero-order valence-electron chi connectivity index (χ0n) is 16.5. The van der Waals surface area contributed by atoms with Crippen LogP contribution in [-0.4, -0.2) is 22.7 Å². The molecule has 0 aliphatic carbocycles. The second-order valence-corrected chi connectivity index (χ2v) is 6.70. The molecule has 1 N–H and O–H groups in total. The van der Waals surface area contributed by atoms with Gasteiger partial charge in [-0.05, 0) is 42.3 Å². The average Bonchev–Trinajstić information content (AvgIpc) is 3.30. The van der Waals surface area contributed by atoms with Crippen LogP contribution >= 0.6 is 0 Å². The monoisotopic (exact) mass is 399 g/mol. The number of anilines is 1. The molecule has 0 spiro atoms. The van der Waals surface area contributed by atoms with Gasteiger partial charge >= 0.3 is 0 Å². The fourth-order valence-corrected chi connectivity index (χ4v) is 2.93. The Balaban J connectivity index is 1.39. The van der Waals surface area contributed by atoms with Crippen molar-refractivity contribution in [3.05, 3.63) is 84.4 Å². The third-order valence-corrected chi connectivity index (χ3v) is 4.55. The van der Waals surface area contributed by atoms with Crippen molar-refractivity contribution in [2.75, 3.05) is 11.9 Å². The first-order chi connectivity index (χ1) is 14.7. The Morgan fingerprint density at radius 1 is 0.967 bits per heavy atom. The maximum atomic E-state index is 12.2. The summed E-state index contributed by atoms with van der Waals surface area (Å²) in [4.78, 5) is 16.6. The first-order valence-corrected chi connectivity index (χ1v) is 9.72. The Hall–Kier alpha value is -3.93. The number of benzene rings is 3. The number of nitrogens with one attached hydrogen (secondary N) is 1. The molecule has 1 amide bonds. The van der Waals surface area contributed by atoms with Crippen molar-refractivity contribution in [1.82, 2.24) is 10.1 Å². The minimum Gasteiger partial charge on any atom is -0.484 e. The van der Waals surface area contributed by atoms with Gasteiger partial charge in [-0.1, -0.05) is 60.6 Å². The third kappa shape index (κ3) is 4.72. The molecule has 150 valence electrons. The molecule has 6 heteroatoms. The largest absolute Gasteiger partial charge is 0.484 e. The van der Waals surface area contributed by atoms with E-state index in [9.17, 15) is 4.79 Å². The molecule has 0 atom stereocenters. The van der Waals surface area contributed by atoms with E-state index in [0.29, 0.717) is 17.5 Å². The third-order valence-electron chi connectivity index (χ3n) is 4.55. The van der Waals surface area contributed by atoms with Gasteiger partial charge in [-0.3, -0.25) is 4.79 Å². The summed E-state index contributed by atoms with van der Waals surface area (Å²) in [5.74, 6) is 1.22. The van der Waals surface area contributed by atoms with Gasteiger partial charge in [0.2, 0.25) is 5.82 Å². The van der Waals surface area contributed by atoms with E-state index in [2.05, 4.69) is 22.4 Å². The maximum absolute atomic E-state index is 12.2. The lowest BCUT2D eigenvalue weighted by atomic mass is 10.1. The predicted molar refractivity (Wildman–Crippen MR) is 115 cm³/mol. The molecule has 3 aromatic carbocycles. The number of amides is 1. The van der Waals surface area contributed by atoms with Crippen LogP contribution in [0.2, 0.25) is 0 Å². The molecule has 30 heavy (non-hydrogen) atoms. The van der Waals surface area contributed by atoms with Gasteiger partial charge in [-0.2, -0.15) is 4.98 Å². The molecule has 0 radical (unpaired) electrons. The predicted octanol–water partition coefficient (Wildman–Crippen LogP) is 4.98. The molecule has 0 fully saturated rings. The van der Waals surface area contributed by atoms with Crippen molar-refractivity contribution >= 4 is 11.6 Å². The molecule has 0 unspecified atom stereocenters. The summed E-state index contributed by atoms with van der Waals surface area (Å²) in [5.41, 5.74) is 3.56. The van der Waals surface area contributed by atoms with Gasteiger partial charge in [0.05, 0.1) is 0 Å². The molecule has 1 heterocycles. The smallest absolute Gasteiger partial charge is 0.262 e. The summed E-state index contributed by atoms with van der Waals surface area (Å²) >= 11 is 0. The van der Waals surface area contributed by atoms with Crippen molar-refractivity contribution < 1.29 is 14.1 Å². The topological polar surface area (TPSA) is 77.2 Å². The van der Waals surface area contributed by atoms with Gasteiger partial charge in [0.1, 0.15) is 5.75 Å². The highest BCUT2D eigenvalue weighted by Crippen LogP contribution is 2.25. The quantitative estimate of drug-likeness (QED) is 0.474. The highest BCUT2D eigenvalue weighted by molar-refractivity contribution is 5.91. The SMILES string of the molecule is CCc1ccc(NC(=O)COc2cccc(-c3nc(-c4ccccc4)no3)c2)cc1. The number of rotatable bonds is 7. The molecule has 0 aliphatic heterocycles. The van der Waals surface area contributed by atoms with E-state index in [4.69, 9.17) is 9.26 Å². The van der Waals surface area contributed by atoms with E-state index in [1.54, 1.807) is 12.1 Å². The number of aromatic nitrogens is 2. The Morgan fingerprint density at radius 3 is 2.50 bits per heavy atom. The van der Waals surface area contributed by atoms with Crippen molar-refractivity contribution in [1.29, 1.82) is 0 Å². The van der Waals surface area contributed by atoms with Crippen LogP contribution in [0, 0.1) is 0 Å². The molecule has 0 saturated carbocycles. The highest BCUT2D eigenvalue weighted by Gasteiger charge is 2.11. The second kappa shape index (κ2) is 9.05. The molecule has 0 bridgehead atoms. The number of carbonyl (C=O) groups excluding carboxylic acids is 1. The molecule has 6 nitrogen and oxygen atoms in total. The van der Waals surface area contributed by atoms with Crippen LogP contribution in [-0.2, 0) is 11.2 Å². The van der Waals surface area contributed by atoms with E-state index in [0.717, 1.165) is 23.2 Å². The van der Waals surface area contributed by atoms with Crippen LogP contribution in [0.1, 0.15) is 12.5 Å². The van der Waals surface area contributed by atoms with E-state index in [1.807, 2.05) is 66.7 Å². The average molecular weight is 399 g/mol. The fraction of sp³-hybridized carbons (Fsp3) is 0.125. The van der Waals surface area contributed by atoms with Crippen LogP contribution in [0.4, 0.5) is 5.69 Å². The Morgan fingerprint density at radius 2 is 1.73 bits per heavy atom. The molecule has 0 aliphatic rings. The van der Waals surface area contributed by atoms with Gasteiger partial charge < -0.3 is 14.6 Å². The zero-order valence-corrected chi connectivity index (χ0v) is 16.5. The van der Waals surface area contributed by atoms with Gasteiger partial charge in [-0.25, -0.2) is 0 Å². The van der Waals surface area contributed by atoms with Crippen molar-refractivity contribution in [3.63, 3.8) is 0 Å². The summed E-state index contributed by atoms with van der Waals surface area (Å²) in [5, 5.41) is 6.86. The van der Waals surface area contributed by atoms with Crippen LogP contribution in [0.15, 0.2) is 83.4 Å². The maximum Gasteiger partial charge on any atom is 0.262 e. The van der Waals surface area contributed by atoms with Gasteiger partial charge in [0.15, 0.2) is 6.61 Å². The van der Waals surface area contributed by atoms with Crippen molar-refractivity contribution in [3.8, 4) is 28.6 Å². The van der Waals surface area contributed by atoms with Gasteiger partial charge in [0, 0.05) is 16.8 Å². The summed E-state index contributed by atoms with van der Waals surface area (Å²) in [6.07, 6.45) is 0.959. The van der Waals surface area contributed by atoms with E-state index >= 15 is 0 Å². The molecule has 0 saturated heterocycles. The van der Waals surface area contributed by atoms with E-state index in [-0.39, 0.29) is 12.5 Å². The Kier molecular flexibility index (Phi) is 5.85. The molecule has 4 aromatic rings. The lowest BCUT2D eigenvalue weighted by molar-refractivity contribution is -0.118. The van der Waals surface area contributed by atoms with E-state index < -0.39 is 0 Å². The van der Waals surface area contributed by atoms with Gasteiger partial charge in [-0.15, -0.1) is 0 Å². The number of hydrogen-bond acceptors (Lipinski definition) is 5.